The molecule has 0 unspecified atom stereocenters. The summed E-state index contributed by atoms with van der Waals surface area (Å²) in [7, 11) is 0. The Morgan fingerprint density at radius 2 is 1.62 bits per heavy atom. The lowest BCUT2D eigenvalue weighted by Gasteiger charge is -2.48. The molecule has 1 atom stereocenters. The van der Waals surface area contributed by atoms with Crippen molar-refractivity contribution in [3.63, 3.8) is 0 Å². The molecule has 4 heterocycles. The van der Waals surface area contributed by atoms with E-state index in [0.717, 1.165) is 63.3 Å². The number of benzene rings is 2. The molecule has 0 radical (unpaired) electrons. The van der Waals surface area contributed by atoms with Crippen LogP contribution < -0.4 is 15.8 Å². The Balaban J connectivity index is 1.13. The number of aromatic nitrogens is 2. The van der Waals surface area contributed by atoms with E-state index in [1.807, 2.05) is 80.1 Å². The van der Waals surface area contributed by atoms with Crippen LogP contribution in [0.2, 0.25) is 0 Å². The highest BCUT2D eigenvalue weighted by atomic mass is 16.6. The fraction of sp³-hybridized carbons (Fsp3) is 0.469. The summed E-state index contributed by atoms with van der Waals surface area (Å²) in [6, 6.07) is 17.8. The Morgan fingerprint density at radius 1 is 0.952 bits per heavy atom. The van der Waals surface area contributed by atoms with Crippen LogP contribution in [0, 0.1) is 5.92 Å². The van der Waals surface area contributed by atoms with Crippen molar-refractivity contribution in [3.8, 4) is 22.8 Å². The Morgan fingerprint density at radius 3 is 2.26 bits per heavy atom. The third-order valence-electron chi connectivity index (χ3n) is 8.46. The molecule has 222 valence electrons. The average molecular weight is 573 g/mol. The van der Waals surface area contributed by atoms with Gasteiger partial charge >= 0.3 is 6.09 Å². The van der Waals surface area contributed by atoms with Crippen LogP contribution in [-0.4, -0.2) is 75.9 Å². The van der Waals surface area contributed by atoms with Gasteiger partial charge in [-0.05, 0) is 95.4 Å². The number of nitrogens with zero attached hydrogens (tertiary/aromatic N) is 4. The summed E-state index contributed by atoms with van der Waals surface area (Å²) < 4.78 is 13.5. The number of nitrogens with one attached hydrogen (secondary N) is 1. The minimum atomic E-state index is -0.488. The van der Waals surface area contributed by atoms with Gasteiger partial charge in [0.05, 0.1) is 6.04 Å². The van der Waals surface area contributed by atoms with E-state index < -0.39 is 11.5 Å². The van der Waals surface area contributed by atoms with Gasteiger partial charge in [0.25, 0.3) is 5.91 Å². The predicted octanol–water partition coefficient (Wildman–Crippen LogP) is 5.13. The topological polar surface area (TPSA) is 115 Å². The normalized spacial score (nSPS) is 19.9. The van der Waals surface area contributed by atoms with Gasteiger partial charge in [-0.3, -0.25) is 9.69 Å². The molecule has 3 aliphatic heterocycles. The Hall–Kier alpha value is -4.05. The van der Waals surface area contributed by atoms with Gasteiger partial charge in [0, 0.05) is 31.2 Å². The van der Waals surface area contributed by atoms with E-state index in [9.17, 15) is 9.59 Å². The van der Waals surface area contributed by atoms with Crippen molar-refractivity contribution >= 4 is 17.8 Å². The Labute approximate surface area is 246 Å². The number of carbonyl (C=O) groups is 2. The summed E-state index contributed by atoms with van der Waals surface area (Å²) in [4.78, 5) is 29.3. The monoisotopic (exact) mass is 572 g/mol. The zero-order chi connectivity index (χ0) is 29.4. The predicted molar refractivity (Wildman–Crippen MR) is 161 cm³/mol. The smallest absolute Gasteiger partial charge is 0.410 e. The van der Waals surface area contributed by atoms with Gasteiger partial charge in [0.2, 0.25) is 0 Å². The van der Waals surface area contributed by atoms with Gasteiger partial charge in [-0.2, -0.15) is 5.10 Å². The van der Waals surface area contributed by atoms with Crippen LogP contribution in [0.1, 0.15) is 56.4 Å². The van der Waals surface area contributed by atoms with Gasteiger partial charge in [-0.1, -0.05) is 18.2 Å². The summed E-state index contributed by atoms with van der Waals surface area (Å²) in [5.74, 6) is 2.14. The number of ether oxygens (including phenoxy) is 2. The highest BCUT2D eigenvalue weighted by molar-refractivity contribution is 6.03. The van der Waals surface area contributed by atoms with E-state index in [4.69, 9.17) is 20.3 Å². The van der Waals surface area contributed by atoms with Crippen molar-refractivity contribution < 1.29 is 19.1 Å². The number of amides is 2. The highest BCUT2D eigenvalue weighted by Gasteiger charge is 2.40. The Kier molecular flexibility index (Phi) is 7.57. The van der Waals surface area contributed by atoms with Crippen LogP contribution in [0.15, 0.2) is 54.6 Å². The van der Waals surface area contributed by atoms with Crippen LogP contribution in [-0.2, 0) is 4.74 Å². The van der Waals surface area contributed by atoms with Crippen LogP contribution in [0.25, 0.3) is 11.3 Å². The molecule has 3 aliphatic rings. The molecule has 2 fully saturated rings. The van der Waals surface area contributed by atoms with Crippen molar-refractivity contribution in [2.24, 2.45) is 11.7 Å². The van der Waals surface area contributed by atoms with Gasteiger partial charge < -0.3 is 25.4 Å². The lowest BCUT2D eigenvalue weighted by Crippen LogP contribution is -2.62. The number of rotatable bonds is 6. The largest absolute Gasteiger partial charge is 0.457 e. The number of hydrogen-bond donors (Lipinski definition) is 2. The zero-order valence-corrected chi connectivity index (χ0v) is 24.6. The first-order valence-electron chi connectivity index (χ1n) is 14.9. The molecule has 6 rings (SSSR count). The average Bonchev–Trinajstić information content (AvgIpc) is 3.33. The number of fused-ring (bicyclic) bond motifs is 1. The summed E-state index contributed by atoms with van der Waals surface area (Å²) >= 11 is 0. The summed E-state index contributed by atoms with van der Waals surface area (Å²) in [6.07, 6.45) is 2.80. The highest BCUT2D eigenvalue weighted by Crippen LogP contribution is 2.40. The molecule has 0 bridgehead atoms. The van der Waals surface area contributed by atoms with Crippen molar-refractivity contribution in [1.29, 1.82) is 0 Å². The molecule has 3 aromatic rings. The maximum absolute atomic E-state index is 12.7. The number of primary amides is 1. The van der Waals surface area contributed by atoms with Crippen LogP contribution in [0.5, 0.6) is 11.5 Å². The number of piperidine rings is 1. The van der Waals surface area contributed by atoms with Gasteiger partial charge in [-0.15, -0.1) is 0 Å². The summed E-state index contributed by atoms with van der Waals surface area (Å²) in [5.41, 5.74) is 7.29. The first-order valence-corrected chi connectivity index (χ1v) is 14.9. The van der Waals surface area contributed by atoms with Gasteiger partial charge in [-0.25, -0.2) is 9.48 Å². The second kappa shape index (κ2) is 11.3. The fourth-order valence-corrected chi connectivity index (χ4v) is 6.31. The number of likely N-dealkylation sites (tertiary alicyclic amines) is 2. The molecule has 10 heteroatoms. The quantitative estimate of drug-likeness (QED) is 0.421. The van der Waals surface area contributed by atoms with E-state index in [-0.39, 0.29) is 12.1 Å². The summed E-state index contributed by atoms with van der Waals surface area (Å²) in [5, 5.41) is 8.40. The van der Waals surface area contributed by atoms with E-state index in [1.54, 1.807) is 4.90 Å². The van der Waals surface area contributed by atoms with Crippen molar-refractivity contribution in [3.05, 3.63) is 60.2 Å². The molecule has 2 amide bonds. The second-order valence-corrected chi connectivity index (χ2v) is 12.5. The third kappa shape index (κ3) is 5.81. The van der Waals surface area contributed by atoms with E-state index in [1.165, 1.54) is 0 Å². The standard InChI is InChI=1S/C32H40N6O4/c1-32(2,3)42-31(40)37-19-23(20-37)36-17-14-21(15-18-36)26-13-16-34-30-27(29(33)39)28(35-38(26)30)22-9-11-25(12-10-22)41-24-7-5-4-6-8-24/h4-12,21,23,26,34H,13-20H2,1-3H3,(H2,33,39)/t26-/m0/s1. The molecule has 0 aliphatic carbocycles. The maximum atomic E-state index is 12.7. The van der Waals surface area contributed by atoms with Crippen molar-refractivity contribution in [1.82, 2.24) is 19.6 Å². The van der Waals surface area contributed by atoms with Gasteiger partial charge in [0.15, 0.2) is 0 Å². The lowest BCUT2D eigenvalue weighted by molar-refractivity contribution is -0.0237. The van der Waals surface area contributed by atoms with Crippen LogP contribution >= 0.6 is 0 Å². The van der Waals surface area contributed by atoms with E-state index in [0.29, 0.717) is 34.8 Å². The number of para-hydroxylation sites is 1. The molecule has 42 heavy (non-hydrogen) atoms. The van der Waals surface area contributed by atoms with Gasteiger partial charge in [0.1, 0.15) is 34.2 Å². The van der Waals surface area contributed by atoms with Crippen LogP contribution in [0.4, 0.5) is 10.6 Å². The minimum absolute atomic E-state index is 0.190. The zero-order valence-electron chi connectivity index (χ0n) is 24.6. The first kappa shape index (κ1) is 28.1. The summed E-state index contributed by atoms with van der Waals surface area (Å²) in [6.45, 7) is 9.86. The minimum Gasteiger partial charge on any atom is -0.457 e. The van der Waals surface area contributed by atoms with Crippen LogP contribution in [0.3, 0.4) is 0 Å². The fourth-order valence-electron chi connectivity index (χ4n) is 6.31. The molecule has 1 aromatic heterocycles. The lowest BCUT2D eigenvalue weighted by atomic mass is 9.86. The molecule has 0 saturated carbocycles. The molecular formula is C32H40N6O4. The molecule has 2 aromatic carbocycles. The Bertz CT molecular complexity index is 1420. The van der Waals surface area contributed by atoms with Crippen molar-refractivity contribution in [2.75, 3.05) is 38.0 Å². The third-order valence-corrected chi connectivity index (χ3v) is 8.46. The molecule has 10 nitrogen and oxygen atoms in total. The second-order valence-electron chi connectivity index (χ2n) is 12.5. The number of hydrogen-bond acceptors (Lipinski definition) is 7. The number of anilines is 1. The van der Waals surface area contributed by atoms with E-state index >= 15 is 0 Å². The van der Waals surface area contributed by atoms with E-state index in [2.05, 4.69) is 10.2 Å². The molecule has 0 spiro atoms. The molecule has 3 N–H and O–H groups in total. The maximum Gasteiger partial charge on any atom is 0.410 e. The molecular weight excluding hydrogens is 532 g/mol. The first-order chi connectivity index (χ1) is 20.2. The number of carbonyl (C=O) groups excluding carboxylic acids is 2. The number of nitrogens with two attached hydrogens (primary N) is 1. The molecule has 2 saturated heterocycles. The van der Waals surface area contributed by atoms with Crippen molar-refractivity contribution in [2.45, 2.75) is 57.7 Å². The SMILES string of the molecule is CC(C)(C)OC(=O)N1CC(N2CCC([C@@H]3CCNc4c(C(N)=O)c(-c5ccc(Oc6ccccc6)cc5)nn43)CC2)C1.